The van der Waals surface area contributed by atoms with Gasteiger partial charge in [0.2, 0.25) is 0 Å². The van der Waals surface area contributed by atoms with Gasteiger partial charge in [-0.25, -0.2) is 4.79 Å². The van der Waals surface area contributed by atoms with Crippen molar-refractivity contribution >= 4 is 16.9 Å². The van der Waals surface area contributed by atoms with Crippen LogP contribution in [0.1, 0.15) is 10.4 Å². The highest BCUT2D eigenvalue weighted by Crippen LogP contribution is 2.31. The van der Waals surface area contributed by atoms with Crippen molar-refractivity contribution in [3.8, 4) is 23.0 Å². The maximum Gasteiger partial charge on any atom is 0.347 e. The van der Waals surface area contributed by atoms with E-state index in [9.17, 15) is 14.7 Å². The minimum atomic E-state index is -0.886. The summed E-state index contributed by atoms with van der Waals surface area (Å²) in [6.45, 7) is 0. The van der Waals surface area contributed by atoms with Gasteiger partial charge in [0.25, 0.3) is 5.56 Å². The van der Waals surface area contributed by atoms with E-state index in [1.165, 1.54) is 11.6 Å². The molecule has 1 N–H and O–H groups in total. The number of nitrogens with zero attached hydrogens (tertiary/aromatic N) is 1. The number of carbonyl (C=O) groups is 1. The first-order valence-electron chi connectivity index (χ1n) is 7.72. The summed E-state index contributed by atoms with van der Waals surface area (Å²) in [5.74, 6) is 0.474. The second-order valence-electron chi connectivity index (χ2n) is 5.54. The molecule has 1 heterocycles. The van der Waals surface area contributed by atoms with Crippen molar-refractivity contribution in [3.05, 3.63) is 58.4 Å². The van der Waals surface area contributed by atoms with Crippen molar-refractivity contribution in [2.24, 2.45) is 7.05 Å². The first-order chi connectivity index (χ1) is 12.5. The van der Waals surface area contributed by atoms with E-state index >= 15 is 0 Å². The maximum atomic E-state index is 12.4. The van der Waals surface area contributed by atoms with E-state index in [2.05, 4.69) is 4.74 Å². The highest BCUT2D eigenvalue weighted by molar-refractivity contribution is 5.99. The molecule has 0 saturated heterocycles. The fraction of sp³-hybridized carbons (Fsp3) is 0.158. The van der Waals surface area contributed by atoms with Crippen LogP contribution < -0.4 is 15.0 Å². The van der Waals surface area contributed by atoms with Gasteiger partial charge in [0.05, 0.1) is 19.7 Å². The molecular weight excluding hydrogens is 338 g/mol. The lowest BCUT2D eigenvalue weighted by molar-refractivity contribution is 0.0595. The number of esters is 1. The third kappa shape index (κ3) is 2.95. The lowest BCUT2D eigenvalue weighted by Crippen LogP contribution is -2.25. The van der Waals surface area contributed by atoms with Crippen LogP contribution in [0.15, 0.2) is 47.3 Å². The Hall–Kier alpha value is -3.48. The summed E-state index contributed by atoms with van der Waals surface area (Å²) >= 11 is 0. The molecule has 7 nitrogen and oxygen atoms in total. The lowest BCUT2D eigenvalue weighted by atomic mass is 10.1. The third-order valence-corrected chi connectivity index (χ3v) is 4.03. The van der Waals surface area contributed by atoms with Crippen LogP contribution in [0.25, 0.3) is 10.9 Å². The van der Waals surface area contributed by atoms with Gasteiger partial charge in [0.15, 0.2) is 5.56 Å². The number of benzene rings is 2. The summed E-state index contributed by atoms with van der Waals surface area (Å²) in [7, 11) is 4.24. The van der Waals surface area contributed by atoms with Crippen LogP contribution in [0.5, 0.6) is 23.0 Å². The molecule has 0 fully saturated rings. The molecule has 3 aromatic rings. The lowest BCUT2D eigenvalue weighted by Gasteiger charge is -2.12. The molecule has 0 aliphatic heterocycles. The van der Waals surface area contributed by atoms with Gasteiger partial charge in [-0.1, -0.05) is 0 Å². The maximum absolute atomic E-state index is 12.4. The number of fused-ring (bicyclic) bond motifs is 1. The zero-order valence-electron chi connectivity index (χ0n) is 14.5. The van der Waals surface area contributed by atoms with Crippen LogP contribution in [0.2, 0.25) is 0 Å². The van der Waals surface area contributed by atoms with E-state index in [4.69, 9.17) is 9.47 Å². The number of ether oxygens (including phenoxy) is 3. The summed E-state index contributed by atoms with van der Waals surface area (Å²) in [6.07, 6.45) is 0. The number of aromatic hydroxyl groups is 1. The Bertz CT molecular complexity index is 1040. The van der Waals surface area contributed by atoms with Gasteiger partial charge >= 0.3 is 5.97 Å². The molecular formula is C19H17NO6. The van der Waals surface area contributed by atoms with Gasteiger partial charge in [0, 0.05) is 18.5 Å². The number of carbonyl (C=O) groups excluding carboxylic acids is 1. The molecule has 0 amide bonds. The molecule has 7 heteroatoms. The van der Waals surface area contributed by atoms with Gasteiger partial charge in [-0.3, -0.25) is 4.79 Å². The van der Waals surface area contributed by atoms with E-state index in [1.54, 1.807) is 49.6 Å². The molecule has 0 aliphatic rings. The predicted molar refractivity (Wildman–Crippen MR) is 95.3 cm³/mol. The standard InChI is InChI=1S/C19H17NO6/c1-20-15-10-13(26-12-6-4-11(24-2)5-7-12)8-9-14(15)17(21)16(18(20)22)19(23)25-3/h4-10,21H,1-3H3. The number of aryl methyl sites for hydroxylation is 1. The number of methoxy groups -OCH3 is 2. The van der Waals surface area contributed by atoms with Crippen LogP contribution >= 0.6 is 0 Å². The quantitative estimate of drug-likeness (QED) is 0.724. The van der Waals surface area contributed by atoms with Crippen molar-refractivity contribution in [1.29, 1.82) is 0 Å². The molecule has 0 unspecified atom stereocenters. The normalized spacial score (nSPS) is 10.6. The molecule has 0 bridgehead atoms. The van der Waals surface area contributed by atoms with E-state index in [1.807, 2.05) is 0 Å². The van der Waals surface area contributed by atoms with Gasteiger partial charge in [0.1, 0.15) is 23.0 Å². The second-order valence-corrected chi connectivity index (χ2v) is 5.54. The molecule has 0 saturated carbocycles. The summed E-state index contributed by atoms with van der Waals surface area (Å²) in [4.78, 5) is 24.2. The summed E-state index contributed by atoms with van der Waals surface area (Å²) in [5.41, 5.74) is -0.624. The smallest absolute Gasteiger partial charge is 0.347 e. The number of hydrogen-bond donors (Lipinski definition) is 1. The fourth-order valence-corrected chi connectivity index (χ4v) is 2.63. The average molecular weight is 355 g/mol. The van der Waals surface area contributed by atoms with Crippen molar-refractivity contribution in [2.45, 2.75) is 0 Å². The molecule has 0 radical (unpaired) electrons. The molecule has 26 heavy (non-hydrogen) atoms. The van der Waals surface area contributed by atoms with Gasteiger partial charge in [-0.05, 0) is 36.4 Å². The van der Waals surface area contributed by atoms with Crippen molar-refractivity contribution in [2.75, 3.05) is 14.2 Å². The van der Waals surface area contributed by atoms with E-state index in [0.717, 1.165) is 7.11 Å². The van der Waals surface area contributed by atoms with Crippen LogP contribution in [0.3, 0.4) is 0 Å². The highest BCUT2D eigenvalue weighted by Gasteiger charge is 2.22. The Labute approximate surface area is 149 Å². The van der Waals surface area contributed by atoms with Gasteiger partial charge in [-0.15, -0.1) is 0 Å². The summed E-state index contributed by atoms with van der Waals surface area (Å²) in [5, 5.41) is 10.7. The topological polar surface area (TPSA) is 87.0 Å². The Balaban J connectivity index is 2.07. The fourth-order valence-electron chi connectivity index (χ4n) is 2.63. The molecule has 2 aromatic carbocycles. The number of pyridine rings is 1. The Morgan fingerprint density at radius 1 is 1.00 bits per heavy atom. The summed E-state index contributed by atoms with van der Waals surface area (Å²) in [6, 6.07) is 11.9. The number of aromatic nitrogens is 1. The van der Waals surface area contributed by atoms with Crippen LogP contribution in [0, 0.1) is 0 Å². The largest absolute Gasteiger partial charge is 0.506 e. The third-order valence-electron chi connectivity index (χ3n) is 4.03. The minimum absolute atomic E-state index is 0.342. The first kappa shape index (κ1) is 17.3. The average Bonchev–Trinajstić information content (AvgIpc) is 2.66. The van der Waals surface area contributed by atoms with Crippen molar-refractivity contribution in [1.82, 2.24) is 4.57 Å². The molecule has 3 rings (SSSR count). The van der Waals surface area contributed by atoms with Crippen LogP contribution in [-0.4, -0.2) is 29.9 Å². The molecule has 134 valence electrons. The predicted octanol–water partition coefficient (Wildman–Crippen LogP) is 2.83. The minimum Gasteiger partial charge on any atom is -0.506 e. The number of rotatable bonds is 4. The SMILES string of the molecule is COC(=O)c1c(O)c2ccc(Oc3ccc(OC)cc3)cc2n(C)c1=O. The molecule has 1 aromatic heterocycles. The van der Waals surface area contributed by atoms with Crippen molar-refractivity contribution < 1.29 is 24.1 Å². The van der Waals surface area contributed by atoms with E-state index in [-0.39, 0.29) is 0 Å². The first-order valence-corrected chi connectivity index (χ1v) is 7.72. The molecule has 0 aliphatic carbocycles. The Morgan fingerprint density at radius 2 is 1.62 bits per heavy atom. The van der Waals surface area contributed by atoms with Crippen molar-refractivity contribution in [3.63, 3.8) is 0 Å². The second kappa shape index (κ2) is 6.79. The van der Waals surface area contributed by atoms with E-state index < -0.39 is 22.8 Å². The molecule has 0 spiro atoms. The zero-order chi connectivity index (χ0) is 18.8. The Morgan fingerprint density at radius 3 is 2.23 bits per heavy atom. The van der Waals surface area contributed by atoms with E-state index in [0.29, 0.717) is 28.2 Å². The molecule has 0 atom stereocenters. The van der Waals surface area contributed by atoms with Gasteiger partial charge < -0.3 is 23.9 Å². The van der Waals surface area contributed by atoms with Crippen LogP contribution in [0.4, 0.5) is 0 Å². The van der Waals surface area contributed by atoms with Crippen LogP contribution in [-0.2, 0) is 11.8 Å². The Kier molecular flexibility index (Phi) is 4.53. The monoisotopic (exact) mass is 355 g/mol. The zero-order valence-corrected chi connectivity index (χ0v) is 14.5. The number of hydrogen-bond acceptors (Lipinski definition) is 6. The van der Waals surface area contributed by atoms with Gasteiger partial charge in [-0.2, -0.15) is 0 Å². The highest BCUT2D eigenvalue weighted by atomic mass is 16.5. The summed E-state index contributed by atoms with van der Waals surface area (Å²) < 4.78 is 16.7.